The first-order valence-corrected chi connectivity index (χ1v) is 6.91. The lowest BCUT2D eigenvalue weighted by Gasteiger charge is -2.28. The minimum atomic E-state index is 0.0352. The van der Waals surface area contributed by atoms with Crippen molar-refractivity contribution >= 4 is 11.6 Å². The highest BCUT2D eigenvalue weighted by Crippen LogP contribution is 2.26. The molecule has 0 heterocycles. The van der Waals surface area contributed by atoms with Crippen molar-refractivity contribution in [1.82, 2.24) is 4.90 Å². The molecule has 0 unspecified atom stereocenters. The highest BCUT2D eigenvalue weighted by Gasteiger charge is 2.27. The fourth-order valence-corrected chi connectivity index (χ4v) is 2.76. The Balaban J connectivity index is 2.27. The molecule has 0 aliphatic heterocycles. The molecule has 1 saturated carbocycles. The molecule has 1 aliphatic rings. The van der Waals surface area contributed by atoms with Crippen LogP contribution in [-0.2, 0) is 0 Å². The Morgan fingerprint density at radius 1 is 1.47 bits per heavy atom. The van der Waals surface area contributed by atoms with Gasteiger partial charge >= 0.3 is 0 Å². The summed E-state index contributed by atoms with van der Waals surface area (Å²) >= 11 is 0. The average Bonchev–Trinajstić information content (AvgIpc) is 2.92. The standard InChI is InChI=1S/C16H22N2O/c1-3-10-18(13-6-4-5-7-13)16(19)14-11-12(2)8-9-15(14)17/h3,8-9,11,13H,1,4-7,10,17H2,2H3. The summed E-state index contributed by atoms with van der Waals surface area (Å²) in [7, 11) is 0. The lowest BCUT2D eigenvalue weighted by molar-refractivity contribution is 0.0707. The first-order valence-electron chi connectivity index (χ1n) is 6.91. The van der Waals surface area contributed by atoms with Gasteiger partial charge in [0.25, 0.3) is 5.91 Å². The minimum Gasteiger partial charge on any atom is -0.398 e. The van der Waals surface area contributed by atoms with Crippen LogP contribution in [0.2, 0.25) is 0 Å². The Morgan fingerprint density at radius 3 is 2.79 bits per heavy atom. The molecule has 3 nitrogen and oxygen atoms in total. The van der Waals surface area contributed by atoms with Crippen molar-refractivity contribution in [2.45, 2.75) is 38.6 Å². The van der Waals surface area contributed by atoms with Gasteiger partial charge in [-0.1, -0.05) is 30.5 Å². The second kappa shape index (κ2) is 5.91. The van der Waals surface area contributed by atoms with E-state index in [0.29, 0.717) is 23.8 Å². The molecule has 2 rings (SSSR count). The predicted molar refractivity (Wildman–Crippen MR) is 79.1 cm³/mol. The van der Waals surface area contributed by atoms with E-state index in [4.69, 9.17) is 5.73 Å². The zero-order valence-electron chi connectivity index (χ0n) is 11.6. The molecule has 0 atom stereocenters. The van der Waals surface area contributed by atoms with Gasteiger partial charge in [-0.3, -0.25) is 4.79 Å². The summed E-state index contributed by atoms with van der Waals surface area (Å²) in [5, 5.41) is 0. The quantitative estimate of drug-likeness (QED) is 0.666. The van der Waals surface area contributed by atoms with Crippen LogP contribution in [-0.4, -0.2) is 23.4 Å². The number of carbonyl (C=O) groups excluding carboxylic acids is 1. The zero-order valence-corrected chi connectivity index (χ0v) is 11.6. The van der Waals surface area contributed by atoms with E-state index in [2.05, 4.69) is 6.58 Å². The van der Waals surface area contributed by atoms with Gasteiger partial charge in [0, 0.05) is 18.3 Å². The molecule has 2 N–H and O–H groups in total. The lowest BCUT2D eigenvalue weighted by Crippen LogP contribution is -2.39. The maximum absolute atomic E-state index is 12.7. The summed E-state index contributed by atoms with van der Waals surface area (Å²) in [6.45, 7) is 6.33. The number of nitrogens with zero attached hydrogens (tertiary/aromatic N) is 1. The Morgan fingerprint density at radius 2 is 2.16 bits per heavy atom. The number of aryl methyl sites for hydroxylation is 1. The molecule has 19 heavy (non-hydrogen) atoms. The molecular weight excluding hydrogens is 236 g/mol. The number of nitrogen functional groups attached to an aromatic ring is 1. The van der Waals surface area contributed by atoms with Gasteiger partial charge < -0.3 is 10.6 Å². The van der Waals surface area contributed by atoms with E-state index < -0.39 is 0 Å². The summed E-state index contributed by atoms with van der Waals surface area (Å²) in [5.74, 6) is 0.0352. The molecule has 1 aromatic rings. The SMILES string of the molecule is C=CCN(C(=O)c1cc(C)ccc1N)C1CCCC1. The number of amides is 1. The van der Waals surface area contributed by atoms with E-state index in [-0.39, 0.29) is 5.91 Å². The molecule has 0 saturated heterocycles. The Hall–Kier alpha value is -1.77. The van der Waals surface area contributed by atoms with Gasteiger partial charge in [0.05, 0.1) is 5.56 Å². The summed E-state index contributed by atoms with van der Waals surface area (Å²) in [4.78, 5) is 14.6. The number of benzene rings is 1. The molecule has 1 amide bonds. The van der Waals surface area contributed by atoms with Gasteiger partial charge in [0.1, 0.15) is 0 Å². The number of rotatable bonds is 4. The van der Waals surface area contributed by atoms with Crippen LogP contribution in [0.15, 0.2) is 30.9 Å². The van der Waals surface area contributed by atoms with E-state index in [1.165, 1.54) is 12.8 Å². The molecule has 0 radical (unpaired) electrons. The fourth-order valence-electron chi connectivity index (χ4n) is 2.76. The Kier molecular flexibility index (Phi) is 4.25. The smallest absolute Gasteiger partial charge is 0.256 e. The molecule has 102 valence electrons. The van der Waals surface area contributed by atoms with Crippen LogP contribution in [0.3, 0.4) is 0 Å². The highest BCUT2D eigenvalue weighted by molar-refractivity contribution is 5.99. The molecule has 1 aromatic carbocycles. The molecule has 0 bridgehead atoms. The first kappa shape index (κ1) is 13.7. The first-order chi connectivity index (χ1) is 9.13. The van der Waals surface area contributed by atoms with E-state index in [1.807, 2.05) is 30.0 Å². The van der Waals surface area contributed by atoms with Gasteiger partial charge in [-0.15, -0.1) is 6.58 Å². The normalized spacial score (nSPS) is 15.4. The molecule has 0 aromatic heterocycles. The second-order valence-electron chi connectivity index (χ2n) is 5.28. The number of carbonyl (C=O) groups is 1. The predicted octanol–water partition coefficient (Wildman–Crippen LogP) is 3.15. The summed E-state index contributed by atoms with van der Waals surface area (Å²) in [6.07, 6.45) is 6.38. The van der Waals surface area contributed by atoms with Crippen LogP contribution in [0, 0.1) is 6.92 Å². The molecule has 1 fully saturated rings. The van der Waals surface area contributed by atoms with Crippen molar-refractivity contribution < 1.29 is 4.79 Å². The second-order valence-corrected chi connectivity index (χ2v) is 5.28. The van der Waals surface area contributed by atoms with Crippen molar-refractivity contribution in [3.63, 3.8) is 0 Å². The van der Waals surface area contributed by atoms with Crippen molar-refractivity contribution in [1.29, 1.82) is 0 Å². The largest absolute Gasteiger partial charge is 0.398 e. The van der Waals surface area contributed by atoms with Gasteiger partial charge in [-0.2, -0.15) is 0 Å². The van der Waals surface area contributed by atoms with Crippen molar-refractivity contribution in [3.05, 3.63) is 42.0 Å². The number of anilines is 1. The van der Waals surface area contributed by atoms with Crippen LogP contribution >= 0.6 is 0 Å². The van der Waals surface area contributed by atoms with Gasteiger partial charge in [-0.05, 0) is 31.9 Å². The van der Waals surface area contributed by atoms with Gasteiger partial charge in [0.15, 0.2) is 0 Å². The van der Waals surface area contributed by atoms with Crippen LogP contribution in [0.4, 0.5) is 5.69 Å². The average molecular weight is 258 g/mol. The Labute approximate surface area is 115 Å². The van der Waals surface area contributed by atoms with Gasteiger partial charge in [-0.25, -0.2) is 0 Å². The van der Waals surface area contributed by atoms with E-state index in [1.54, 1.807) is 6.08 Å². The number of hydrogen-bond acceptors (Lipinski definition) is 2. The van der Waals surface area contributed by atoms with Gasteiger partial charge in [0.2, 0.25) is 0 Å². The molecule has 1 aliphatic carbocycles. The third kappa shape index (κ3) is 2.98. The third-order valence-electron chi connectivity index (χ3n) is 3.79. The van der Waals surface area contributed by atoms with Crippen LogP contribution in [0.25, 0.3) is 0 Å². The van der Waals surface area contributed by atoms with E-state index in [0.717, 1.165) is 18.4 Å². The van der Waals surface area contributed by atoms with E-state index in [9.17, 15) is 4.79 Å². The zero-order chi connectivity index (χ0) is 13.8. The van der Waals surface area contributed by atoms with E-state index >= 15 is 0 Å². The van der Waals surface area contributed by atoms with Crippen LogP contribution in [0.5, 0.6) is 0 Å². The fraction of sp³-hybridized carbons (Fsp3) is 0.438. The topological polar surface area (TPSA) is 46.3 Å². The molecule has 0 spiro atoms. The Bertz CT molecular complexity index is 476. The van der Waals surface area contributed by atoms with Crippen molar-refractivity contribution in [2.24, 2.45) is 0 Å². The van der Waals surface area contributed by atoms with Crippen molar-refractivity contribution in [2.75, 3.05) is 12.3 Å². The summed E-state index contributed by atoms with van der Waals surface area (Å²) in [6, 6.07) is 5.95. The number of hydrogen-bond donors (Lipinski definition) is 1. The highest BCUT2D eigenvalue weighted by atomic mass is 16.2. The van der Waals surface area contributed by atoms with Crippen LogP contribution in [0.1, 0.15) is 41.6 Å². The third-order valence-corrected chi connectivity index (χ3v) is 3.79. The van der Waals surface area contributed by atoms with Crippen molar-refractivity contribution in [3.8, 4) is 0 Å². The monoisotopic (exact) mass is 258 g/mol. The minimum absolute atomic E-state index is 0.0352. The molecular formula is C16H22N2O. The summed E-state index contributed by atoms with van der Waals surface area (Å²) < 4.78 is 0. The lowest BCUT2D eigenvalue weighted by atomic mass is 10.1. The maximum atomic E-state index is 12.7. The molecule has 3 heteroatoms. The summed E-state index contributed by atoms with van der Waals surface area (Å²) in [5.41, 5.74) is 8.18. The maximum Gasteiger partial charge on any atom is 0.256 e. The number of nitrogens with two attached hydrogens (primary N) is 1. The van der Waals surface area contributed by atoms with Crippen LogP contribution < -0.4 is 5.73 Å².